The largest absolute Gasteiger partial charge is 0.383 e. The molecular weight excluding hydrogens is 379 g/mol. The van der Waals surface area contributed by atoms with Gasteiger partial charge in [-0.25, -0.2) is 0 Å². The Balaban J connectivity index is 0.00000220. The van der Waals surface area contributed by atoms with Gasteiger partial charge in [0.05, 0.1) is 22.7 Å². The van der Waals surface area contributed by atoms with Gasteiger partial charge in [-0.1, -0.05) is 27.5 Å². The van der Waals surface area contributed by atoms with Crippen molar-refractivity contribution in [3.8, 4) is 0 Å². The number of methoxy groups -OCH3 is 1. The van der Waals surface area contributed by atoms with E-state index in [1.807, 2.05) is 0 Å². The molecule has 2 rings (SSSR count). The molecule has 21 heavy (non-hydrogen) atoms. The van der Waals surface area contributed by atoms with E-state index in [4.69, 9.17) is 16.3 Å². The van der Waals surface area contributed by atoms with Gasteiger partial charge in [0.25, 0.3) is 5.91 Å². The molecule has 1 saturated heterocycles. The van der Waals surface area contributed by atoms with E-state index >= 15 is 0 Å². The number of hydrogen-bond acceptors (Lipinski definition) is 3. The van der Waals surface area contributed by atoms with Crippen LogP contribution in [0.15, 0.2) is 22.7 Å². The van der Waals surface area contributed by atoms with Crippen molar-refractivity contribution in [2.75, 3.05) is 26.8 Å². The fraction of sp³-hybridized carbons (Fsp3) is 0.500. The Morgan fingerprint density at radius 3 is 2.90 bits per heavy atom. The van der Waals surface area contributed by atoms with Crippen LogP contribution in [-0.2, 0) is 4.74 Å². The number of halogens is 3. The summed E-state index contributed by atoms with van der Waals surface area (Å²) in [4.78, 5) is 12.2. The zero-order valence-corrected chi connectivity index (χ0v) is 14.9. The Morgan fingerprint density at radius 2 is 2.33 bits per heavy atom. The number of ether oxygens (including phenoxy) is 1. The van der Waals surface area contributed by atoms with E-state index in [-0.39, 0.29) is 23.9 Å². The molecule has 1 aromatic carbocycles. The summed E-state index contributed by atoms with van der Waals surface area (Å²) < 4.78 is 6.11. The lowest BCUT2D eigenvalue weighted by Crippen LogP contribution is -2.53. The van der Waals surface area contributed by atoms with Crippen LogP contribution in [0.5, 0.6) is 0 Å². The summed E-state index contributed by atoms with van der Waals surface area (Å²) in [6.07, 6.45) is 2.09. The van der Waals surface area contributed by atoms with E-state index in [9.17, 15) is 4.79 Å². The van der Waals surface area contributed by atoms with Gasteiger partial charge < -0.3 is 15.4 Å². The maximum Gasteiger partial charge on any atom is 0.252 e. The third kappa shape index (κ3) is 4.83. The zero-order chi connectivity index (χ0) is 14.6. The Labute approximate surface area is 144 Å². The van der Waals surface area contributed by atoms with Crippen LogP contribution >= 0.6 is 39.9 Å². The maximum atomic E-state index is 12.2. The lowest BCUT2D eigenvalue weighted by atomic mass is 9.98. The molecule has 1 aliphatic heterocycles. The lowest BCUT2D eigenvalue weighted by molar-refractivity contribution is 0.0892. The summed E-state index contributed by atoms with van der Waals surface area (Å²) in [6.45, 7) is 2.08. The SMILES string of the molecule is COCC1(CNC(=O)c2ccc(Br)cc2Cl)CCCN1.Cl. The minimum absolute atomic E-state index is 0. The molecule has 1 fully saturated rings. The summed E-state index contributed by atoms with van der Waals surface area (Å²) in [6, 6.07) is 5.24. The topological polar surface area (TPSA) is 50.4 Å². The van der Waals surface area contributed by atoms with Crippen LogP contribution < -0.4 is 10.6 Å². The van der Waals surface area contributed by atoms with Gasteiger partial charge in [-0.05, 0) is 37.6 Å². The van der Waals surface area contributed by atoms with Crippen molar-refractivity contribution in [1.82, 2.24) is 10.6 Å². The van der Waals surface area contributed by atoms with Crippen LogP contribution in [0.25, 0.3) is 0 Å². The van der Waals surface area contributed by atoms with Gasteiger partial charge in [-0.15, -0.1) is 12.4 Å². The van der Waals surface area contributed by atoms with E-state index in [1.165, 1.54) is 0 Å². The first-order valence-corrected chi connectivity index (χ1v) is 7.71. The van der Waals surface area contributed by atoms with Crippen LogP contribution in [0, 0.1) is 0 Å². The van der Waals surface area contributed by atoms with Gasteiger partial charge in [0.2, 0.25) is 0 Å². The van der Waals surface area contributed by atoms with Crippen molar-refractivity contribution in [3.63, 3.8) is 0 Å². The molecular formula is C14H19BrCl2N2O2. The molecule has 1 amide bonds. The molecule has 1 aliphatic rings. The van der Waals surface area contributed by atoms with Crippen LogP contribution in [0.4, 0.5) is 0 Å². The van der Waals surface area contributed by atoms with Crippen molar-refractivity contribution in [3.05, 3.63) is 33.3 Å². The molecule has 0 saturated carbocycles. The zero-order valence-electron chi connectivity index (χ0n) is 11.7. The molecule has 0 bridgehead atoms. The first-order chi connectivity index (χ1) is 9.56. The molecule has 1 unspecified atom stereocenters. The number of amides is 1. The molecule has 1 heterocycles. The second-order valence-corrected chi connectivity index (χ2v) is 6.37. The monoisotopic (exact) mass is 396 g/mol. The predicted octanol–water partition coefficient (Wildman–Crippen LogP) is 3.02. The highest BCUT2D eigenvalue weighted by Gasteiger charge is 2.33. The van der Waals surface area contributed by atoms with Gasteiger partial charge in [0.1, 0.15) is 0 Å². The first kappa shape index (κ1) is 18.7. The minimum atomic E-state index is -0.160. The van der Waals surface area contributed by atoms with Crippen molar-refractivity contribution >= 4 is 45.8 Å². The number of hydrogen-bond donors (Lipinski definition) is 2. The summed E-state index contributed by atoms with van der Waals surface area (Å²) in [7, 11) is 1.68. The molecule has 118 valence electrons. The number of carbonyl (C=O) groups excluding carboxylic acids is 1. The van der Waals surface area contributed by atoms with Gasteiger partial charge in [0.15, 0.2) is 0 Å². The fourth-order valence-electron chi connectivity index (χ4n) is 2.49. The first-order valence-electron chi connectivity index (χ1n) is 6.53. The average Bonchev–Trinajstić information content (AvgIpc) is 2.85. The maximum absolute atomic E-state index is 12.2. The van der Waals surface area contributed by atoms with Crippen molar-refractivity contribution in [2.45, 2.75) is 18.4 Å². The molecule has 0 spiro atoms. The van der Waals surface area contributed by atoms with Gasteiger partial charge >= 0.3 is 0 Å². The molecule has 1 atom stereocenters. The van der Waals surface area contributed by atoms with E-state index in [0.29, 0.717) is 23.7 Å². The van der Waals surface area contributed by atoms with E-state index < -0.39 is 0 Å². The van der Waals surface area contributed by atoms with Crippen LogP contribution in [0.2, 0.25) is 5.02 Å². The number of carbonyl (C=O) groups is 1. The molecule has 0 aromatic heterocycles. The second-order valence-electron chi connectivity index (χ2n) is 5.05. The fourth-order valence-corrected chi connectivity index (χ4v) is 3.25. The van der Waals surface area contributed by atoms with Crippen LogP contribution in [-0.4, -0.2) is 38.3 Å². The van der Waals surface area contributed by atoms with E-state index in [2.05, 4.69) is 26.6 Å². The highest BCUT2D eigenvalue weighted by Crippen LogP contribution is 2.22. The smallest absolute Gasteiger partial charge is 0.252 e. The standard InChI is InChI=1S/C14H18BrClN2O2.ClH/c1-20-9-14(5-2-6-18-14)8-17-13(19)11-4-3-10(15)7-12(11)16;/h3-4,7,18H,2,5-6,8-9H2,1H3,(H,17,19);1H. The quantitative estimate of drug-likeness (QED) is 0.802. The number of nitrogens with one attached hydrogen (secondary N) is 2. The van der Waals surface area contributed by atoms with Crippen molar-refractivity contribution in [1.29, 1.82) is 0 Å². The number of rotatable bonds is 5. The highest BCUT2D eigenvalue weighted by atomic mass is 79.9. The third-order valence-electron chi connectivity index (χ3n) is 3.52. The normalized spacial score (nSPS) is 20.9. The van der Waals surface area contributed by atoms with Gasteiger partial charge in [0, 0.05) is 18.1 Å². The van der Waals surface area contributed by atoms with E-state index in [0.717, 1.165) is 23.9 Å². The number of benzene rings is 1. The van der Waals surface area contributed by atoms with E-state index in [1.54, 1.807) is 25.3 Å². The van der Waals surface area contributed by atoms with Crippen LogP contribution in [0.1, 0.15) is 23.2 Å². The van der Waals surface area contributed by atoms with Gasteiger partial charge in [-0.2, -0.15) is 0 Å². The minimum Gasteiger partial charge on any atom is -0.383 e. The summed E-state index contributed by atoms with van der Waals surface area (Å²) in [5, 5.41) is 6.81. The summed E-state index contributed by atoms with van der Waals surface area (Å²) in [5.74, 6) is -0.160. The lowest BCUT2D eigenvalue weighted by Gasteiger charge is -2.29. The molecule has 0 radical (unpaired) electrons. The second kappa shape index (κ2) is 8.34. The average molecular weight is 398 g/mol. The summed E-state index contributed by atoms with van der Waals surface area (Å²) in [5.41, 5.74) is 0.326. The summed E-state index contributed by atoms with van der Waals surface area (Å²) >= 11 is 9.41. The Bertz CT molecular complexity index is 494. The Morgan fingerprint density at radius 1 is 1.57 bits per heavy atom. The molecule has 0 aliphatic carbocycles. The Kier molecular flexibility index (Phi) is 7.44. The van der Waals surface area contributed by atoms with Gasteiger partial charge in [-0.3, -0.25) is 4.79 Å². The Hall–Kier alpha value is -0.330. The molecule has 7 heteroatoms. The molecule has 2 N–H and O–H groups in total. The van der Waals surface area contributed by atoms with Crippen molar-refractivity contribution in [2.24, 2.45) is 0 Å². The van der Waals surface area contributed by atoms with Crippen molar-refractivity contribution < 1.29 is 9.53 Å². The molecule has 1 aromatic rings. The predicted molar refractivity (Wildman–Crippen MR) is 90.6 cm³/mol. The third-order valence-corrected chi connectivity index (χ3v) is 4.32. The molecule has 4 nitrogen and oxygen atoms in total. The van der Waals surface area contributed by atoms with Crippen LogP contribution in [0.3, 0.4) is 0 Å². The highest BCUT2D eigenvalue weighted by molar-refractivity contribution is 9.10.